The standard InChI is InChI=1S/C13H23N3O/c1-10(2)8-15-9-13(3,17)7-11-5-4-6-16-12(11)14/h4-6,10,15,17H,7-9H2,1-3H3,(H2,14,16). The summed E-state index contributed by atoms with van der Waals surface area (Å²) in [6.07, 6.45) is 2.17. The minimum absolute atomic E-state index is 0.497. The molecule has 0 bridgehead atoms. The van der Waals surface area contributed by atoms with Crippen LogP contribution in [0.4, 0.5) is 5.82 Å². The Balaban J connectivity index is 2.51. The number of anilines is 1. The molecule has 0 aliphatic heterocycles. The second-order valence-electron chi connectivity index (χ2n) is 5.25. The summed E-state index contributed by atoms with van der Waals surface area (Å²) in [6, 6.07) is 3.74. The highest BCUT2D eigenvalue weighted by Gasteiger charge is 2.21. The Hall–Kier alpha value is -1.13. The van der Waals surface area contributed by atoms with Crippen LogP contribution in [0.1, 0.15) is 26.3 Å². The van der Waals surface area contributed by atoms with Crippen LogP contribution in [0.15, 0.2) is 18.3 Å². The van der Waals surface area contributed by atoms with Gasteiger partial charge in [-0.25, -0.2) is 4.98 Å². The van der Waals surface area contributed by atoms with E-state index in [-0.39, 0.29) is 0 Å². The molecule has 1 aromatic heterocycles. The number of nitrogens with one attached hydrogen (secondary N) is 1. The van der Waals surface area contributed by atoms with Gasteiger partial charge < -0.3 is 16.2 Å². The van der Waals surface area contributed by atoms with Crippen LogP contribution in [-0.2, 0) is 6.42 Å². The summed E-state index contributed by atoms with van der Waals surface area (Å²) in [7, 11) is 0. The van der Waals surface area contributed by atoms with Gasteiger partial charge in [-0.1, -0.05) is 19.9 Å². The summed E-state index contributed by atoms with van der Waals surface area (Å²) in [5.74, 6) is 1.07. The fourth-order valence-corrected chi connectivity index (χ4v) is 1.70. The van der Waals surface area contributed by atoms with Crippen LogP contribution in [0.2, 0.25) is 0 Å². The molecule has 1 heterocycles. The fourth-order valence-electron chi connectivity index (χ4n) is 1.70. The molecule has 0 aliphatic rings. The van der Waals surface area contributed by atoms with E-state index in [0.717, 1.165) is 12.1 Å². The van der Waals surface area contributed by atoms with Crippen molar-refractivity contribution >= 4 is 5.82 Å². The zero-order chi connectivity index (χ0) is 12.9. The maximum atomic E-state index is 10.3. The Kier molecular flexibility index (Phi) is 4.90. The number of aliphatic hydroxyl groups is 1. The molecule has 1 aromatic rings. The molecule has 1 rings (SSSR count). The van der Waals surface area contributed by atoms with Crippen LogP contribution in [0.3, 0.4) is 0 Å². The molecule has 0 aromatic carbocycles. The van der Waals surface area contributed by atoms with Crippen molar-refractivity contribution in [2.45, 2.75) is 32.8 Å². The van der Waals surface area contributed by atoms with Gasteiger partial charge in [-0.15, -0.1) is 0 Å². The number of hydrogen-bond acceptors (Lipinski definition) is 4. The van der Waals surface area contributed by atoms with Crippen LogP contribution in [0.5, 0.6) is 0 Å². The van der Waals surface area contributed by atoms with Crippen molar-refractivity contribution in [1.29, 1.82) is 0 Å². The molecule has 17 heavy (non-hydrogen) atoms. The topological polar surface area (TPSA) is 71.2 Å². The van der Waals surface area contributed by atoms with Gasteiger partial charge in [0.05, 0.1) is 5.60 Å². The van der Waals surface area contributed by atoms with Crippen LogP contribution in [0.25, 0.3) is 0 Å². The van der Waals surface area contributed by atoms with Crippen molar-refractivity contribution in [3.8, 4) is 0 Å². The van der Waals surface area contributed by atoms with Crippen molar-refractivity contribution in [2.24, 2.45) is 5.92 Å². The van der Waals surface area contributed by atoms with Gasteiger partial charge in [0.2, 0.25) is 0 Å². The van der Waals surface area contributed by atoms with Gasteiger partial charge in [-0.05, 0) is 31.0 Å². The maximum absolute atomic E-state index is 10.3. The predicted molar refractivity (Wildman–Crippen MR) is 70.7 cm³/mol. The van der Waals surface area contributed by atoms with Crippen LogP contribution in [0, 0.1) is 5.92 Å². The van der Waals surface area contributed by atoms with Gasteiger partial charge in [-0.2, -0.15) is 0 Å². The second-order valence-corrected chi connectivity index (χ2v) is 5.25. The molecule has 0 spiro atoms. The maximum Gasteiger partial charge on any atom is 0.126 e. The minimum atomic E-state index is -0.800. The summed E-state index contributed by atoms with van der Waals surface area (Å²) in [6.45, 7) is 7.55. The van der Waals surface area contributed by atoms with Gasteiger partial charge in [-0.3, -0.25) is 0 Å². The highest BCUT2D eigenvalue weighted by molar-refractivity contribution is 5.39. The number of hydrogen-bond donors (Lipinski definition) is 3. The smallest absolute Gasteiger partial charge is 0.126 e. The molecule has 1 unspecified atom stereocenters. The molecular formula is C13H23N3O. The number of nitrogen functional groups attached to an aromatic ring is 1. The Morgan fingerprint density at radius 2 is 2.24 bits per heavy atom. The second kappa shape index (κ2) is 5.98. The van der Waals surface area contributed by atoms with Gasteiger partial charge in [0.1, 0.15) is 5.82 Å². The molecule has 1 atom stereocenters. The molecule has 4 heteroatoms. The number of aromatic nitrogens is 1. The fraction of sp³-hybridized carbons (Fsp3) is 0.615. The molecule has 4 nitrogen and oxygen atoms in total. The predicted octanol–water partition coefficient (Wildman–Crippen LogP) is 1.20. The van der Waals surface area contributed by atoms with E-state index in [1.54, 1.807) is 6.20 Å². The van der Waals surface area contributed by atoms with Gasteiger partial charge in [0, 0.05) is 19.2 Å². The number of pyridine rings is 1. The Labute approximate surface area is 103 Å². The lowest BCUT2D eigenvalue weighted by Gasteiger charge is -2.24. The molecule has 0 aliphatic carbocycles. The first-order valence-corrected chi connectivity index (χ1v) is 6.03. The van der Waals surface area contributed by atoms with Crippen molar-refractivity contribution in [2.75, 3.05) is 18.8 Å². The lowest BCUT2D eigenvalue weighted by Crippen LogP contribution is -2.41. The average Bonchev–Trinajstić information content (AvgIpc) is 2.20. The summed E-state index contributed by atoms with van der Waals surface area (Å²) >= 11 is 0. The highest BCUT2D eigenvalue weighted by atomic mass is 16.3. The molecule has 0 saturated carbocycles. The Bertz CT molecular complexity index is 350. The van der Waals surface area contributed by atoms with Crippen LogP contribution < -0.4 is 11.1 Å². The van der Waals surface area contributed by atoms with Gasteiger partial charge >= 0.3 is 0 Å². The van der Waals surface area contributed by atoms with E-state index in [2.05, 4.69) is 24.1 Å². The lowest BCUT2D eigenvalue weighted by atomic mass is 9.96. The van der Waals surface area contributed by atoms with E-state index in [0.29, 0.717) is 24.7 Å². The Morgan fingerprint density at radius 3 is 2.82 bits per heavy atom. The van der Waals surface area contributed by atoms with Crippen molar-refractivity contribution < 1.29 is 5.11 Å². The first kappa shape index (κ1) is 13.9. The molecule has 4 N–H and O–H groups in total. The summed E-state index contributed by atoms with van der Waals surface area (Å²) in [5.41, 5.74) is 5.85. The first-order chi connectivity index (χ1) is 7.91. The van der Waals surface area contributed by atoms with E-state index in [4.69, 9.17) is 5.73 Å². The van der Waals surface area contributed by atoms with Crippen molar-refractivity contribution in [3.63, 3.8) is 0 Å². The number of nitrogens with zero attached hydrogens (tertiary/aromatic N) is 1. The summed E-state index contributed by atoms with van der Waals surface area (Å²) < 4.78 is 0. The first-order valence-electron chi connectivity index (χ1n) is 6.03. The number of nitrogens with two attached hydrogens (primary N) is 1. The van der Waals surface area contributed by atoms with Gasteiger partial charge in [0.15, 0.2) is 0 Å². The molecular weight excluding hydrogens is 214 g/mol. The number of rotatable bonds is 6. The Morgan fingerprint density at radius 1 is 1.53 bits per heavy atom. The van der Waals surface area contributed by atoms with Crippen molar-refractivity contribution in [3.05, 3.63) is 23.9 Å². The minimum Gasteiger partial charge on any atom is -0.389 e. The average molecular weight is 237 g/mol. The van der Waals surface area contributed by atoms with E-state index < -0.39 is 5.60 Å². The monoisotopic (exact) mass is 237 g/mol. The largest absolute Gasteiger partial charge is 0.389 e. The van der Waals surface area contributed by atoms with Crippen LogP contribution in [-0.4, -0.2) is 28.8 Å². The van der Waals surface area contributed by atoms with E-state index >= 15 is 0 Å². The third kappa shape index (κ3) is 5.15. The van der Waals surface area contributed by atoms with E-state index in [9.17, 15) is 5.11 Å². The molecule has 96 valence electrons. The summed E-state index contributed by atoms with van der Waals surface area (Å²) in [5, 5.41) is 13.5. The lowest BCUT2D eigenvalue weighted by molar-refractivity contribution is 0.0596. The van der Waals surface area contributed by atoms with Crippen molar-refractivity contribution in [1.82, 2.24) is 10.3 Å². The third-order valence-corrected chi connectivity index (χ3v) is 2.56. The normalized spacial score (nSPS) is 14.9. The molecule has 0 fully saturated rings. The van der Waals surface area contributed by atoms with E-state index in [1.165, 1.54) is 0 Å². The zero-order valence-electron chi connectivity index (χ0n) is 10.9. The van der Waals surface area contributed by atoms with E-state index in [1.807, 2.05) is 19.1 Å². The highest BCUT2D eigenvalue weighted by Crippen LogP contribution is 2.16. The quantitative estimate of drug-likeness (QED) is 0.695. The van der Waals surface area contributed by atoms with Crippen LogP contribution >= 0.6 is 0 Å². The SMILES string of the molecule is CC(C)CNCC(C)(O)Cc1cccnc1N. The third-order valence-electron chi connectivity index (χ3n) is 2.56. The molecule has 0 radical (unpaired) electrons. The summed E-state index contributed by atoms with van der Waals surface area (Å²) in [4.78, 5) is 4.02. The zero-order valence-corrected chi connectivity index (χ0v) is 10.9. The molecule has 0 saturated heterocycles. The molecule has 0 amide bonds. The van der Waals surface area contributed by atoms with Gasteiger partial charge in [0.25, 0.3) is 0 Å².